The Balaban J connectivity index is 3.58. The van der Waals surface area contributed by atoms with E-state index in [-0.39, 0.29) is 18.3 Å². The molecule has 0 aromatic carbocycles. The van der Waals surface area contributed by atoms with Crippen LogP contribution in [0.15, 0.2) is 0 Å². The van der Waals surface area contributed by atoms with E-state index in [2.05, 4.69) is 28.1 Å². The van der Waals surface area contributed by atoms with Crippen LogP contribution in [0.3, 0.4) is 0 Å². The third-order valence-electron chi connectivity index (χ3n) is 6.46. The Morgan fingerprint density at radius 3 is 1.64 bits per heavy atom. The number of Topliss-reactive ketones (excluding diaryl/α,β-unsaturated/α-hetero) is 1. The molecule has 2 atom stereocenters. The van der Waals surface area contributed by atoms with Crippen LogP contribution in [0.5, 0.6) is 0 Å². The number of unbranched alkanes of at least 4 members (excludes halogenated alkanes) is 15. The van der Waals surface area contributed by atoms with Crippen molar-refractivity contribution < 1.29 is 28.0 Å². The second-order valence-electron chi connectivity index (χ2n) is 11.5. The highest BCUT2D eigenvalue weighted by molar-refractivity contribution is 7.40. The number of ketones is 1. The van der Waals surface area contributed by atoms with Gasteiger partial charge in [0.25, 0.3) is 0 Å². The monoisotopic (exact) mass is 534 g/mol. The van der Waals surface area contributed by atoms with Crippen molar-refractivity contribution in [1.29, 1.82) is 0 Å². The first-order valence-electron chi connectivity index (χ1n) is 14.9. The van der Waals surface area contributed by atoms with Gasteiger partial charge >= 0.3 is 8.60 Å². The summed E-state index contributed by atoms with van der Waals surface area (Å²) in [7, 11) is 4.31. The quantitative estimate of drug-likeness (QED) is 0.0630. The Labute approximate surface area is 225 Å². The van der Waals surface area contributed by atoms with Gasteiger partial charge < -0.3 is 28.0 Å². The zero-order chi connectivity index (χ0) is 26.9. The normalized spacial score (nSPS) is 13.7. The fourth-order valence-corrected chi connectivity index (χ4v) is 4.82. The molecule has 0 spiro atoms. The smallest absolute Gasteiger partial charge is 0.330 e. The van der Waals surface area contributed by atoms with Gasteiger partial charge in [0.15, 0.2) is 0 Å². The van der Waals surface area contributed by atoms with E-state index in [4.69, 9.17) is 13.8 Å². The summed E-state index contributed by atoms with van der Waals surface area (Å²) in [5.74, 6) is 0.0746. The molecule has 36 heavy (non-hydrogen) atoms. The maximum absolute atomic E-state index is 11.6. The van der Waals surface area contributed by atoms with Crippen LogP contribution in [0.2, 0.25) is 0 Å². The molecule has 0 aromatic rings. The zero-order valence-corrected chi connectivity index (χ0v) is 25.5. The molecule has 0 aromatic heterocycles. The lowest BCUT2D eigenvalue weighted by Gasteiger charge is -2.24. The van der Waals surface area contributed by atoms with Crippen LogP contribution in [0.25, 0.3) is 0 Å². The first kappa shape index (κ1) is 35.9. The van der Waals surface area contributed by atoms with Gasteiger partial charge in [-0.25, -0.2) is 0 Å². The summed E-state index contributed by atoms with van der Waals surface area (Å²) in [5.41, 5.74) is 0. The largest absolute Gasteiger partial charge is 0.381 e. The van der Waals surface area contributed by atoms with E-state index in [0.29, 0.717) is 19.6 Å². The van der Waals surface area contributed by atoms with Crippen LogP contribution in [0, 0.1) is 5.92 Å². The fraction of sp³-hybridized carbons (Fsp3) is 0.966. The lowest BCUT2D eigenvalue weighted by atomic mass is 10.0. The molecule has 0 saturated carbocycles. The van der Waals surface area contributed by atoms with Gasteiger partial charge in [-0.05, 0) is 13.3 Å². The Morgan fingerprint density at radius 1 is 0.722 bits per heavy atom. The van der Waals surface area contributed by atoms with Crippen LogP contribution in [-0.2, 0) is 18.6 Å². The standard InChI is InChI=1S/C29H61NO5P/c1-6-7-8-9-10-11-12-13-14-15-16-17-18-19-20-21-23-33-26-29(25-28(2)31)27-35-36(32)34-24-22-30(3,4)5/h29,32H,6-27H2,1-5H3/q+1. The number of nitrogens with zero attached hydrogens (tertiary/aromatic N) is 1. The molecule has 0 saturated heterocycles. The molecule has 0 heterocycles. The topological polar surface area (TPSA) is 65.0 Å². The Bertz CT molecular complexity index is 487. The number of hydrogen-bond donors (Lipinski definition) is 1. The average Bonchev–Trinajstić information content (AvgIpc) is 2.80. The molecular formula is C29H61NO5P+. The van der Waals surface area contributed by atoms with Crippen LogP contribution in [-0.4, -0.2) is 69.3 Å². The van der Waals surface area contributed by atoms with E-state index >= 15 is 0 Å². The van der Waals surface area contributed by atoms with Crippen LogP contribution in [0.4, 0.5) is 0 Å². The predicted molar refractivity (Wildman–Crippen MR) is 153 cm³/mol. The summed E-state index contributed by atoms with van der Waals surface area (Å²) in [6.07, 6.45) is 22.1. The van der Waals surface area contributed by atoms with Crippen molar-refractivity contribution in [3.05, 3.63) is 0 Å². The molecule has 0 aliphatic rings. The number of ether oxygens (including phenoxy) is 1. The van der Waals surface area contributed by atoms with E-state index in [1.54, 1.807) is 6.92 Å². The van der Waals surface area contributed by atoms with Crippen molar-refractivity contribution in [2.45, 2.75) is 123 Å². The number of rotatable bonds is 28. The van der Waals surface area contributed by atoms with Crippen molar-refractivity contribution in [2.75, 3.05) is 54.1 Å². The highest BCUT2D eigenvalue weighted by atomic mass is 31.2. The van der Waals surface area contributed by atoms with Crippen LogP contribution < -0.4 is 0 Å². The van der Waals surface area contributed by atoms with Gasteiger partial charge in [-0.15, -0.1) is 0 Å². The SMILES string of the molecule is CCCCCCCCCCCCCCCCCCOCC(COP(O)OCC[N+](C)(C)C)CC(C)=O. The van der Waals surface area contributed by atoms with Crippen LogP contribution in [0.1, 0.15) is 123 Å². The first-order valence-corrected chi connectivity index (χ1v) is 16.0. The minimum absolute atomic E-state index is 0.0392. The summed E-state index contributed by atoms with van der Waals surface area (Å²) >= 11 is 0. The molecule has 0 bridgehead atoms. The van der Waals surface area contributed by atoms with E-state index in [1.807, 2.05) is 0 Å². The van der Waals surface area contributed by atoms with Gasteiger partial charge in [-0.1, -0.05) is 103 Å². The lowest BCUT2D eigenvalue weighted by molar-refractivity contribution is -0.870. The van der Waals surface area contributed by atoms with Crippen molar-refractivity contribution in [3.8, 4) is 0 Å². The predicted octanol–water partition coefficient (Wildman–Crippen LogP) is 7.82. The van der Waals surface area contributed by atoms with Crippen LogP contribution >= 0.6 is 8.60 Å². The fourth-order valence-electron chi connectivity index (χ4n) is 4.17. The molecule has 1 N–H and O–H groups in total. The summed E-state index contributed by atoms with van der Waals surface area (Å²) < 4.78 is 17.4. The number of quaternary nitrogens is 1. The van der Waals surface area contributed by atoms with Gasteiger partial charge in [0.2, 0.25) is 0 Å². The molecule has 0 amide bonds. The van der Waals surface area contributed by atoms with E-state index in [1.165, 1.54) is 96.3 Å². The van der Waals surface area contributed by atoms with Gasteiger partial charge in [0.1, 0.15) is 18.9 Å². The third kappa shape index (κ3) is 28.5. The van der Waals surface area contributed by atoms with E-state index < -0.39 is 8.60 Å². The minimum Gasteiger partial charge on any atom is -0.381 e. The average molecular weight is 535 g/mol. The second kappa shape index (κ2) is 25.2. The summed E-state index contributed by atoms with van der Waals surface area (Å²) in [6, 6.07) is 0. The molecule has 0 aliphatic carbocycles. The number of carbonyl (C=O) groups is 1. The van der Waals surface area contributed by atoms with Crippen molar-refractivity contribution in [1.82, 2.24) is 0 Å². The summed E-state index contributed by atoms with van der Waals surface area (Å²) in [4.78, 5) is 21.5. The minimum atomic E-state index is -1.91. The molecule has 0 aliphatic heterocycles. The molecule has 0 rings (SSSR count). The number of hydrogen-bond acceptors (Lipinski definition) is 5. The maximum atomic E-state index is 11.6. The molecule has 7 heteroatoms. The number of likely N-dealkylation sites (N-methyl/N-ethyl adjacent to an activating group) is 1. The molecule has 0 radical (unpaired) electrons. The molecule has 216 valence electrons. The van der Waals surface area contributed by atoms with Gasteiger partial charge in [0, 0.05) is 18.9 Å². The van der Waals surface area contributed by atoms with Crippen molar-refractivity contribution in [3.63, 3.8) is 0 Å². The number of carbonyl (C=O) groups excluding carboxylic acids is 1. The van der Waals surface area contributed by atoms with E-state index in [0.717, 1.165) is 24.1 Å². The summed E-state index contributed by atoms with van der Waals surface area (Å²) in [5, 5.41) is 0. The third-order valence-corrected chi connectivity index (χ3v) is 7.23. The first-order chi connectivity index (χ1) is 17.2. The molecule has 0 fully saturated rings. The molecule has 6 nitrogen and oxygen atoms in total. The van der Waals surface area contributed by atoms with Gasteiger partial charge in [-0.3, -0.25) is 0 Å². The van der Waals surface area contributed by atoms with Crippen molar-refractivity contribution >= 4 is 14.4 Å². The zero-order valence-electron chi connectivity index (χ0n) is 24.6. The molecule has 2 unspecified atom stereocenters. The van der Waals surface area contributed by atoms with E-state index in [9.17, 15) is 9.69 Å². The maximum Gasteiger partial charge on any atom is 0.330 e. The van der Waals surface area contributed by atoms with Gasteiger partial charge in [0.05, 0.1) is 34.4 Å². The summed E-state index contributed by atoms with van der Waals surface area (Å²) in [6.45, 7) is 6.59. The Kier molecular flexibility index (Phi) is 25.1. The Hall–Kier alpha value is -0.100. The van der Waals surface area contributed by atoms with Crippen molar-refractivity contribution in [2.24, 2.45) is 5.92 Å². The lowest BCUT2D eigenvalue weighted by Crippen LogP contribution is -2.37. The molecular weight excluding hydrogens is 473 g/mol. The highest BCUT2D eigenvalue weighted by Crippen LogP contribution is 2.33. The van der Waals surface area contributed by atoms with Gasteiger partial charge in [-0.2, -0.15) is 0 Å². The Morgan fingerprint density at radius 2 is 1.19 bits per heavy atom. The second-order valence-corrected chi connectivity index (χ2v) is 12.5. The highest BCUT2D eigenvalue weighted by Gasteiger charge is 2.17.